The molecule has 96 valence electrons. The minimum Gasteiger partial charge on any atom is -0.378 e. The molecular formula is C13H21NO3. The van der Waals surface area contributed by atoms with Gasteiger partial charge in [-0.25, -0.2) is 0 Å². The van der Waals surface area contributed by atoms with Crippen LogP contribution in [0.2, 0.25) is 0 Å². The molecule has 0 radical (unpaired) electrons. The molecule has 1 amide bonds. The lowest BCUT2D eigenvalue weighted by Gasteiger charge is -2.25. The molecule has 1 saturated carbocycles. The van der Waals surface area contributed by atoms with Gasteiger partial charge in [-0.05, 0) is 32.1 Å². The zero-order valence-electron chi connectivity index (χ0n) is 10.2. The van der Waals surface area contributed by atoms with Crippen molar-refractivity contribution in [3.63, 3.8) is 0 Å². The van der Waals surface area contributed by atoms with Gasteiger partial charge in [-0.1, -0.05) is 0 Å². The zero-order chi connectivity index (χ0) is 12.1. The number of hydrogen-bond acceptors (Lipinski definition) is 3. The van der Waals surface area contributed by atoms with Crippen LogP contribution >= 0.6 is 0 Å². The summed E-state index contributed by atoms with van der Waals surface area (Å²) in [6, 6.07) is 0.198. The molecule has 0 aromatic carbocycles. The lowest BCUT2D eigenvalue weighted by molar-refractivity contribution is -0.127. The maximum Gasteiger partial charge on any atom is 0.222 e. The van der Waals surface area contributed by atoms with E-state index in [1.165, 1.54) is 0 Å². The van der Waals surface area contributed by atoms with Crippen molar-refractivity contribution in [2.45, 2.75) is 63.5 Å². The Bertz CT molecular complexity index is 274. The Balaban J connectivity index is 1.67. The summed E-state index contributed by atoms with van der Waals surface area (Å²) < 4.78 is 5.54. The largest absolute Gasteiger partial charge is 0.378 e. The number of nitrogens with one attached hydrogen (secondary N) is 1. The first-order chi connectivity index (χ1) is 8.24. The van der Waals surface area contributed by atoms with E-state index >= 15 is 0 Å². The number of carbonyl (C=O) groups is 2. The van der Waals surface area contributed by atoms with E-state index in [0.717, 1.165) is 38.7 Å². The summed E-state index contributed by atoms with van der Waals surface area (Å²) in [4.78, 5) is 22.9. The number of Topliss-reactive ketones (excluding diaryl/α,β-unsaturated/α-hetero) is 1. The molecule has 2 fully saturated rings. The smallest absolute Gasteiger partial charge is 0.222 e. The van der Waals surface area contributed by atoms with Crippen molar-refractivity contribution in [3.05, 3.63) is 0 Å². The molecule has 4 heteroatoms. The molecule has 1 atom stereocenters. The Morgan fingerprint density at radius 1 is 1.24 bits per heavy atom. The van der Waals surface area contributed by atoms with Gasteiger partial charge < -0.3 is 10.1 Å². The molecule has 4 nitrogen and oxygen atoms in total. The summed E-state index contributed by atoms with van der Waals surface area (Å²) in [5, 5.41) is 3.02. The van der Waals surface area contributed by atoms with E-state index in [1.807, 2.05) is 0 Å². The van der Waals surface area contributed by atoms with Gasteiger partial charge in [-0.2, -0.15) is 0 Å². The highest BCUT2D eigenvalue weighted by Crippen LogP contribution is 2.17. The van der Waals surface area contributed by atoms with Crippen LogP contribution < -0.4 is 5.32 Å². The zero-order valence-corrected chi connectivity index (χ0v) is 10.2. The van der Waals surface area contributed by atoms with Gasteiger partial charge in [0.1, 0.15) is 5.78 Å². The van der Waals surface area contributed by atoms with Crippen LogP contribution in [0.5, 0.6) is 0 Å². The van der Waals surface area contributed by atoms with Crippen molar-refractivity contribution in [2.75, 3.05) is 6.61 Å². The van der Waals surface area contributed by atoms with Gasteiger partial charge in [0.2, 0.25) is 5.91 Å². The lowest BCUT2D eigenvalue weighted by Crippen LogP contribution is -2.39. The second kappa shape index (κ2) is 6.15. The minimum absolute atomic E-state index is 0.0799. The highest BCUT2D eigenvalue weighted by molar-refractivity contribution is 5.80. The van der Waals surface area contributed by atoms with Gasteiger partial charge in [-0.15, -0.1) is 0 Å². The van der Waals surface area contributed by atoms with E-state index in [1.54, 1.807) is 0 Å². The quantitative estimate of drug-likeness (QED) is 0.813. The number of hydrogen-bond donors (Lipinski definition) is 1. The van der Waals surface area contributed by atoms with Crippen molar-refractivity contribution < 1.29 is 14.3 Å². The van der Waals surface area contributed by atoms with Gasteiger partial charge in [-0.3, -0.25) is 9.59 Å². The van der Waals surface area contributed by atoms with Crippen LogP contribution in [0, 0.1) is 0 Å². The van der Waals surface area contributed by atoms with Gasteiger partial charge in [0, 0.05) is 25.5 Å². The second-order valence-corrected chi connectivity index (χ2v) is 5.07. The summed E-state index contributed by atoms with van der Waals surface area (Å²) in [6.07, 6.45) is 6.69. The molecule has 1 aliphatic heterocycles. The molecule has 0 bridgehead atoms. The summed E-state index contributed by atoms with van der Waals surface area (Å²) in [5.41, 5.74) is 0. The number of amides is 1. The molecular weight excluding hydrogens is 218 g/mol. The highest BCUT2D eigenvalue weighted by Gasteiger charge is 2.22. The molecule has 0 aromatic rings. The van der Waals surface area contributed by atoms with Crippen LogP contribution in [0.1, 0.15) is 51.4 Å². The first-order valence-corrected chi connectivity index (χ1v) is 6.66. The monoisotopic (exact) mass is 239 g/mol. The molecule has 1 unspecified atom stereocenters. The number of ether oxygens (including phenoxy) is 1. The fourth-order valence-corrected chi connectivity index (χ4v) is 2.55. The predicted molar refractivity (Wildman–Crippen MR) is 63.6 cm³/mol. The maximum atomic E-state index is 11.8. The molecule has 2 rings (SSSR count). The standard InChI is InChI=1S/C13H21NO3/c15-11-6-4-10(5-7-11)14-13(16)9-12-3-1-2-8-17-12/h10,12H,1-9H2,(H,14,16). The van der Waals surface area contributed by atoms with E-state index in [9.17, 15) is 9.59 Å². The van der Waals surface area contributed by atoms with Crippen LogP contribution in [0.25, 0.3) is 0 Å². The average molecular weight is 239 g/mol. The highest BCUT2D eigenvalue weighted by atomic mass is 16.5. The van der Waals surface area contributed by atoms with Crippen molar-refractivity contribution in [1.82, 2.24) is 5.32 Å². The van der Waals surface area contributed by atoms with Crippen LogP contribution in [0.4, 0.5) is 0 Å². The number of rotatable bonds is 3. The van der Waals surface area contributed by atoms with Crippen LogP contribution in [-0.4, -0.2) is 30.4 Å². The first kappa shape index (κ1) is 12.6. The Hall–Kier alpha value is -0.900. The van der Waals surface area contributed by atoms with Crippen molar-refractivity contribution in [2.24, 2.45) is 0 Å². The normalized spacial score (nSPS) is 26.8. The van der Waals surface area contributed by atoms with E-state index in [2.05, 4.69) is 5.32 Å². The lowest BCUT2D eigenvalue weighted by atomic mass is 9.94. The molecule has 2 aliphatic rings. The second-order valence-electron chi connectivity index (χ2n) is 5.07. The fraction of sp³-hybridized carbons (Fsp3) is 0.846. The topological polar surface area (TPSA) is 55.4 Å². The van der Waals surface area contributed by atoms with E-state index < -0.39 is 0 Å². The van der Waals surface area contributed by atoms with Crippen LogP contribution in [0.15, 0.2) is 0 Å². The van der Waals surface area contributed by atoms with E-state index in [-0.39, 0.29) is 18.1 Å². The van der Waals surface area contributed by atoms with Gasteiger partial charge in [0.25, 0.3) is 0 Å². The molecule has 0 spiro atoms. The fourth-order valence-electron chi connectivity index (χ4n) is 2.55. The van der Waals surface area contributed by atoms with E-state index in [4.69, 9.17) is 4.74 Å². The Kier molecular flexibility index (Phi) is 4.54. The molecule has 1 N–H and O–H groups in total. The summed E-state index contributed by atoms with van der Waals surface area (Å²) in [5.74, 6) is 0.405. The predicted octanol–water partition coefficient (Wildman–Crippen LogP) is 1.57. The molecule has 1 saturated heterocycles. The molecule has 17 heavy (non-hydrogen) atoms. The van der Waals surface area contributed by atoms with Crippen molar-refractivity contribution in [1.29, 1.82) is 0 Å². The maximum absolute atomic E-state index is 11.8. The molecule has 0 aromatic heterocycles. The summed E-state index contributed by atoms with van der Waals surface area (Å²) >= 11 is 0. The number of carbonyl (C=O) groups excluding carboxylic acids is 2. The van der Waals surface area contributed by atoms with Gasteiger partial charge >= 0.3 is 0 Å². The third-order valence-corrected chi connectivity index (χ3v) is 3.60. The number of ketones is 1. The summed E-state index contributed by atoms with van der Waals surface area (Å²) in [7, 11) is 0. The third kappa shape index (κ3) is 4.11. The van der Waals surface area contributed by atoms with E-state index in [0.29, 0.717) is 25.0 Å². The Morgan fingerprint density at radius 2 is 2.00 bits per heavy atom. The summed E-state index contributed by atoms with van der Waals surface area (Å²) in [6.45, 7) is 0.788. The SMILES string of the molecule is O=C1CCC(NC(=O)CC2CCCCO2)CC1. The van der Waals surface area contributed by atoms with Gasteiger partial charge in [0.05, 0.1) is 12.5 Å². The minimum atomic E-state index is 0.0799. The first-order valence-electron chi connectivity index (χ1n) is 6.66. The molecule has 1 aliphatic carbocycles. The van der Waals surface area contributed by atoms with Crippen molar-refractivity contribution >= 4 is 11.7 Å². The Morgan fingerprint density at radius 3 is 2.65 bits per heavy atom. The Labute approximate surface area is 102 Å². The van der Waals surface area contributed by atoms with Crippen LogP contribution in [0.3, 0.4) is 0 Å². The third-order valence-electron chi connectivity index (χ3n) is 3.60. The van der Waals surface area contributed by atoms with Crippen LogP contribution in [-0.2, 0) is 14.3 Å². The van der Waals surface area contributed by atoms with Crippen molar-refractivity contribution in [3.8, 4) is 0 Å². The average Bonchev–Trinajstić information content (AvgIpc) is 2.33. The molecule has 1 heterocycles. The van der Waals surface area contributed by atoms with Gasteiger partial charge in [0.15, 0.2) is 0 Å².